The average molecular weight is 308 g/mol. The standard InChI is InChI=1S/C20H39N2/c1-3-5-7-8-9-10-11-12-13-14-15-17-22-19-18-21(20-22)16-6-4-2/h18-20H,3-17H2,1-2H3/q+1. The smallest absolute Gasteiger partial charge is 0.237 e. The maximum Gasteiger partial charge on any atom is 0.243 e. The van der Waals surface area contributed by atoms with E-state index >= 15 is 0 Å². The Morgan fingerprint density at radius 1 is 0.682 bits per heavy atom. The number of imidazole rings is 1. The number of aryl methyl sites for hydroxylation is 2. The second-order valence-corrected chi connectivity index (χ2v) is 6.78. The van der Waals surface area contributed by atoms with E-state index in [0.29, 0.717) is 0 Å². The summed E-state index contributed by atoms with van der Waals surface area (Å²) in [4.78, 5) is 0. The van der Waals surface area contributed by atoms with Crippen LogP contribution in [0.25, 0.3) is 0 Å². The van der Waals surface area contributed by atoms with Crippen LogP contribution in [0.15, 0.2) is 18.7 Å². The minimum absolute atomic E-state index is 1.17. The summed E-state index contributed by atoms with van der Waals surface area (Å²) in [6.07, 6.45) is 24.9. The van der Waals surface area contributed by atoms with Crippen LogP contribution in [0.4, 0.5) is 0 Å². The van der Waals surface area contributed by atoms with Crippen LogP contribution < -0.4 is 4.57 Å². The van der Waals surface area contributed by atoms with E-state index < -0.39 is 0 Å². The molecule has 0 aliphatic carbocycles. The second-order valence-electron chi connectivity index (χ2n) is 6.78. The molecule has 0 fully saturated rings. The van der Waals surface area contributed by atoms with Crippen LogP contribution in [0, 0.1) is 0 Å². The van der Waals surface area contributed by atoms with E-state index in [0.717, 1.165) is 0 Å². The quantitative estimate of drug-likeness (QED) is 0.282. The van der Waals surface area contributed by atoms with Crippen molar-refractivity contribution >= 4 is 0 Å². The van der Waals surface area contributed by atoms with Crippen LogP contribution in [0.1, 0.15) is 97.3 Å². The van der Waals surface area contributed by atoms with Crippen molar-refractivity contribution < 1.29 is 4.57 Å². The number of unbranched alkanes of at least 4 members (excludes halogenated alkanes) is 11. The van der Waals surface area contributed by atoms with Crippen molar-refractivity contribution in [1.29, 1.82) is 0 Å². The topological polar surface area (TPSA) is 8.81 Å². The largest absolute Gasteiger partial charge is 0.243 e. The number of aromatic nitrogens is 2. The Balaban J connectivity index is 1.88. The molecule has 0 aliphatic rings. The van der Waals surface area contributed by atoms with E-state index in [1.54, 1.807) is 0 Å². The van der Waals surface area contributed by atoms with Gasteiger partial charge in [-0.3, -0.25) is 0 Å². The number of hydrogen-bond donors (Lipinski definition) is 0. The molecule has 1 rings (SSSR count). The molecular formula is C20H39N2+. The first-order chi connectivity index (χ1) is 10.9. The summed E-state index contributed by atoms with van der Waals surface area (Å²) in [6, 6.07) is 0. The van der Waals surface area contributed by atoms with Gasteiger partial charge in [-0.05, 0) is 19.3 Å². The fourth-order valence-corrected chi connectivity index (χ4v) is 3.00. The van der Waals surface area contributed by atoms with Gasteiger partial charge in [0.05, 0.1) is 13.1 Å². The van der Waals surface area contributed by atoms with Crippen LogP contribution in [-0.2, 0) is 13.1 Å². The van der Waals surface area contributed by atoms with Crippen molar-refractivity contribution in [3.63, 3.8) is 0 Å². The SMILES string of the molecule is CCCCCCCCCCCCC[n+]1ccn(CCCC)c1. The molecule has 0 saturated heterocycles. The zero-order valence-electron chi connectivity index (χ0n) is 15.2. The van der Waals surface area contributed by atoms with Gasteiger partial charge in [-0.15, -0.1) is 0 Å². The maximum atomic E-state index is 2.35. The van der Waals surface area contributed by atoms with Crippen molar-refractivity contribution in [1.82, 2.24) is 4.57 Å². The predicted molar refractivity (Wildman–Crippen MR) is 96.0 cm³/mol. The Morgan fingerprint density at radius 2 is 1.23 bits per heavy atom. The highest BCUT2D eigenvalue weighted by Crippen LogP contribution is 2.11. The second kappa shape index (κ2) is 13.8. The molecule has 0 N–H and O–H groups in total. The van der Waals surface area contributed by atoms with Gasteiger partial charge in [0.25, 0.3) is 0 Å². The zero-order valence-corrected chi connectivity index (χ0v) is 15.2. The molecule has 0 saturated carbocycles. The fraction of sp³-hybridized carbons (Fsp3) is 0.850. The Kier molecular flexibility index (Phi) is 12.1. The van der Waals surface area contributed by atoms with Gasteiger partial charge in [0, 0.05) is 0 Å². The van der Waals surface area contributed by atoms with Crippen LogP contribution in [0.3, 0.4) is 0 Å². The molecule has 0 bridgehead atoms. The number of hydrogen-bond acceptors (Lipinski definition) is 0. The van der Waals surface area contributed by atoms with Crippen LogP contribution in [0.2, 0.25) is 0 Å². The summed E-state index contributed by atoms with van der Waals surface area (Å²) in [5, 5.41) is 0. The maximum absolute atomic E-state index is 2.35. The Morgan fingerprint density at radius 3 is 1.82 bits per heavy atom. The van der Waals surface area contributed by atoms with E-state index in [2.05, 4.69) is 41.7 Å². The van der Waals surface area contributed by atoms with E-state index in [4.69, 9.17) is 0 Å². The summed E-state index contributed by atoms with van der Waals surface area (Å²) in [5.41, 5.74) is 0. The first-order valence-electron chi connectivity index (χ1n) is 9.91. The highest BCUT2D eigenvalue weighted by Gasteiger charge is 2.02. The lowest BCUT2D eigenvalue weighted by atomic mass is 10.1. The molecule has 22 heavy (non-hydrogen) atoms. The molecule has 0 aromatic carbocycles. The van der Waals surface area contributed by atoms with Crippen molar-refractivity contribution in [3.8, 4) is 0 Å². The molecule has 1 aromatic rings. The minimum atomic E-state index is 1.17. The third kappa shape index (κ3) is 10.0. The third-order valence-corrected chi connectivity index (χ3v) is 4.54. The molecular weight excluding hydrogens is 268 g/mol. The van der Waals surface area contributed by atoms with E-state index in [-0.39, 0.29) is 0 Å². The molecule has 0 aliphatic heterocycles. The van der Waals surface area contributed by atoms with Gasteiger partial charge in [-0.1, -0.05) is 78.1 Å². The highest BCUT2D eigenvalue weighted by atomic mass is 15.1. The lowest BCUT2D eigenvalue weighted by Gasteiger charge is -2.02. The van der Waals surface area contributed by atoms with Gasteiger partial charge < -0.3 is 0 Å². The molecule has 0 amide bonds. The molecule has 0 spiro atoms. The van der Waals surface area contributed by atoms with Gasteiger partial charge in [0.2, 0.25) is 6.33 Å². The zero-order chi connectivity index (χ0) is 15.9. The van der Waals surface area contributed by atoms with Gasteiger partial charge in [-0.2, -0.15) is 0 Å². The summed E-state index contributed by atoms with van der Waals surface area (Å²) in [5.74, 6) is 0. The number of rotatable bonds is 15. The van der Waals surface area contributed by atoms with Gasteiger partial charge >= 0.3 is 0 Å². The summed E-state index contributed by atoms with van der Waals surface area (Å²) < 4.78 is 4.67. The summed E-state index contributed by atoms with van der Waals surface area (Å²) >= 11 is 0. The highest BCUT2D eigenvalue weighted by molar-refractivity contribution is 4.65. The normalized spacial score (nSPS) is 11.2. The average Bonchev–Trinajstić information content (AvgIpc) is 2.98. The lowest BCUT2D eigenvalue weighted by Crippen LogP contribution is -2.30. The molecule has 2 heteroatoms. The number of nitrogens with zero attached hydrogens (tertiary/aromatic N) is 2. The summed E-state index contributed by atoms with van der Waals surface area (Å²) in [6.45, 7) is 6.90. The molecule has 0 unspecified atom stereocenters. The van der Waals surface area contributed by atoms with Gasteiger partial charge in [0.15, 0.2) is 0 Å². The monoisotopic (exact) mass is 307 g/mol. The van der Waals surface area contributed by atoms with Crippen LogP contribution >= 0.6 is 0 Å². The molecule has 1 heterocycles. The van der Waals surface area contributed by atoms with Crippen LogP contribution in [0.5, 0.6) is 0 Å². The lowest BCUT2D eigenvalue weighted by molar-refractivity contribution is -0.696. The predicted octanol–water partition coefficient (Wildman–Crippen LogP) is 5.89. The van der Waals surface area contributed by atoms with E-state index in [1.165, 1.54) is 96.6 Å². The van der Waals surface area contributed by atoms with E-state index in [9.17, 15) is 0 Å². The van der Waals surface area contributed by atoms with Crippen molar-refractivity contribution in [2.24, 2.45) is 0 Å². The molecule has 128 valence electrons. The first-order valence-corrected chi connectivity index (χ1v) is 9.91. The molecule has 2 nitrogen and oxygen atoms in total. The third-order valence-electron chi connectivity index (χ3n) is 4.54. The minimum Gasteiger partial charge on any atom is -0.237 e. The van der Waals surface area contributed by atoms with Gasteiger partial charge in [0.1, 0.15) is 12.4 Å². The molecule has 0 atom stereocenters. The van der Waals surface area contributed by atoms with Gasteiger partial charge in [-0.25, -0.2) is 9.13 Å². The fourth-order valence-electron chi connectivity index (χ4n) is 3.00. The van der Waals surface area contributed by atoms with Crippen molar-refractivity contribution in [3.05, 3.63) is 18.7 Å². The van der Waals surface area contributed by atoms with Crippen molar-refractivity contribution in [2.45, 2.75) is 110 Å². The summed E-state index contributed by atoms with van der Waals surface area (Å²) in [7, 11) is 0. The Labute approximate surface area is 138 Å². The molecule has 1 aromatic heterocycles. The molecule has 0 radical (unpaired) electrons. The first kappa shape index (κ1) is 19.3. The van der Waals surface area contributed by atoms with Crippen molar-refractivity contribution in [2.75, 3.05) is 0 Å². The Bertz CT molecular complexity index is 343. The van der Waals surface area contributed by atoms with E-state index in [1.807, 2.05) is 0 Å². The van der Waals surface area contributed by atoms with Crippen LogP contribution in [-0.4, -0.2) is 4.57 Å². The Hall–Kier alpha value is -0.790.